The topological polar surface area (TPSA) is 62.3 Å². The molecule has 0 radical (unpaired) electrons. The molecule has 7 heteroatoms. The predicted octanol–water partition coefficient (Wildman–Crippen LogP) is 2.20. The number of hydrogen-bond acceptors (Lipinski definition) is 5. The van der Waals surface area contributed by atoms with Crippen molar-refractivity contribution in [3.8, 4) is 11.5 Å². The number of urea groups is 1. The van der Waals surface area contributed by atoms with Gasteiger partial charge >= 0.3 is 6.03 Å². The van der Waals surface area contributed by atoms with Crippen molar-refractivity contribution in [2.24, 2.45) is 0 Å². The summed E-state index contributed by atoms with van der Waals surface area (Å²) in [6.45, 7) is 3.01. The SMILES string of the molecule is O=C1C2CN(Cc3ccc4c(c3)OCO4)CCN2C(=O)N1C1CCCCC1. The largest absolute Gasteiger partial charge is 0.454 e. The summed E-state index contributed by atoms with van der Waals surface area (Å²) in [6, 6.07) is 5.68. The fraction of sp³-hybridized carbons (Fsp3) is 0.600. The highest BCUT2D eigenvalue weighted by Gasteiger charge is 2.49. The minimum atomic E-state index is -0.331. The van der Waals surface area contributed by atoms with Gasteiger partial charge < -0.3 is 14.4 Å². The Bertz CT molecular complexity index is 762. The first kappa shape index (κ1) is 16.9. The molecule has 0 bridgehead atoms. The van der Waals surface area contributed by atoms with Gasteiger partial charge in [-0.2, -0.15) is 0 Å². The van der Waals surface area contributed by atoms with Gasteiger partial charge in [0.05, 0.1) is 0 Å². The summed E-state index contributed by atoms with van der Waals surface area (Å²) >= 11 is 0. The Balaban J connectivity index is 1.28. The van der Waals surface area contributed by atoms with E-state index in [-0.39, 0.29) is 30.8 Å². The van der Waals surface area contributed by atoms with Gasteiger partial charge in [-0.25, -0.2) is 4.79 Å². The summed E-state index contributed by atoms with van der Waals surface area (Å²) in [6.07, 6.45) is 5.35. The first-order chi connectivity index (χ1) is 13.2. The van der Waals surface area contributed by atoms with E-state index in [2.05, 4.69) is 4.90 Å². The van der Waals surface area contributed by atoms with Crippen LogP contribution in [-0.4, -0.2) is 65.1 Å². The van der Waals surface area contributed by atoms with E-state index >= 15 is 0 Å². The molecule has 1 aromatic carbocycles. The van der Waals surface area contributed by atoms with Gasteiger partial charge in [0.25, 0.3) is 5.91 Å². The van der Waals surface area contributed by atoms with E-state index < -0.39 is 0 Å². The number of ether oxygens (including phenoxy) is 2. The summed E-state index contributed by atoms with van der Waals surface area (Å²) in [5.74, 6) is 1.56. The average molecular weight is 371 g/mol. The minimum Gasteiger partial charge on any atom is -0.454 e. The predicted molar refractivity (Wildman–Crippen MR) is 97.5 cm³/mol. The number of hydrogen-bond donors (Lipinski definition) is 0. The molecule has 144 valence electrons. The van der Waals surface area contributed by atoms with Crippen LogP contribution in [-0.2, 0) is 11.3 Å². The second kappa shape index (κ2) is 6.71. The average Bonchev–Trinajstić information content (AvgIpc) is 3.25. The minimum absolute atomic E-state index is 0.00212. The third kappa shape index (κ3) is 2.94. The number of amides is 3. The van der Waals surface area contributed by atoms with E-state index in [4.69, 9.17) is 9.47 Å². The van der Waals surface area contributed by atoms with Gasteiger partial charge in [0.15, 0.2) is 11.5 Å². The number of carbonyl (C=O) groups is 2. The summed E-state index contributed by atoms with van der Waals surface area (Å²) in [5, 5.41) is 0. The molecule has 2 saturated heterocycles. The molecule has 0 aromatic heterocycles. The summed E-state index contributed by atoms with van der Waals surface area (Å²) < 4.78 is 10.8. The molecule has 7 nitrogen and oxygen atoms in total. The van der Waals surface area contributed by atoms with Crippen molar-refractivity contribution >= 4 is 11.9 Å². The van der Waals surface area contributed by atoms with E-state index in [9.17, 15) is 9.59 Å². The second-order valence-electron chi connectivity index (χ2n) is 7.91. The molecule has 3 aliphatic heterocycles. The molecule has 1 saturated carbocycles. The molecular weight excluding hydrogens is 346 g/mol. The Morgan fingerprint density at radius 2 is 1.81 bits per heavy atom. The molecule has 3 heterocycles. The number of piperazine rings is 1. The van der Waals surface area contributed by atoms with E-state index in [1.807, 2.05) is 18.2 Å². The number of fused-ring (bicyclic) bond motifs is 2. The highest BCUT2D eigenvalue weighted by atomic mass is 16.7. The standard InChI is InChI=1S/C20H25N3O4/c24-19-16-12-21(11-14-6-7-17-18(10-14)27-13-26-17)8-9-22(16)20(25)23(19)15-4-2-1-3-5-15/h6-7,10,15-16H,1-5,8-9,11-13H2. The molecule has 1 unspecified atom stereocenters. The van der Waals surface area contributed by atoms with Crippen molar-refractivity contribution in [1.29, 1.82) is 0 Å². The number of nitrogens with zero attached hydrogens (tertiary/aromatic N) is 3. The van der Waals surface area contributed by atoms with Crippen LogP contribution in [0, 0.1) is 0 Å². The molecule has 1 atom stereocenters. The van der Waals surface area contributed by atoms with Gasteiger partial charge in [-0.05, 0) is 30.5 Å². The molecule has 0 N–H and O–H groups in total. The van der Waals surface area contributed by atoms with Crippen molar-refractivity contribution in [2.45, 2.75) is 50.7 Å². The zero-order valence-electron chi connectivity index (χ0n) is 15.4. The maximum Gasteiger partial charge on any atom is 0.327 e. The van der Waals surface area contributed by atoms with Crippen LogP contribution in [0.25, 0.3) is 0 Å². The summed E-state index contributed by atoms with van der Waals surface area (Å²) in [7, 11) is 0. The van der Waals surface area contributed by atoms with Gasteiger partial charge in [-0.3, -0.25) is 14.6 Å². The zero-order chi connectivity index (χ0) is 18.4. The molecule has 5 rings (SSSR count). The van der Waals surface area contributed by atoms with Gasteiger partial charge in [-0.15, -0.1) is 0 Å². The van der Waals surface area contributed by atoms with Crippen LogP contribution in [0.15, 0.2) is 18.2 Å². The molecule has 3 fully saturated rings. The lowest BCUT2D eigenvalue weighted by Gasteiger charge is -2.35. The smallest absolute Gasteiger partial charge is 0.327 e. The number of benzene rings is 1. The van der Waals surface area contributed by atoms with Gasteiger partial charge in [-0.1, -0.05) is 25.3 Å². The maximum absolute atomic E-state index is 13.0. The fourth-order valence-corrected chi connectivity index (χ4v) is 4.79. The number of carbonyl (C=O) groups excluding carboxylic acids is 2. The fourth-order valence-electron chi connectivity index (χ4n) is 4.79. The third-order valence-corrected chi connectivity index (χ3v) is 6.22. The van der Waals surface area contributed by atoms with Gasteiger partial charge in [0, 0.05) is 32.2 Å². The lowest BCUT2D eigenvalue weighted by molar-refractivity contribution is -0.131. The Labute approximate surface area is 158 Å². The van der Waals surface area contributed by atoms with Crippen LogP contribution >= 0.6 is 0 Å². The molecular formula is C20H25N3O4. The molecule has 1 aliphatic carbocycles. The summed E-state index contributed by atoms with van der Waals surface area (Å²) in [4.78, 5) is 31.4. The molecule has 0 spiro atoms. The number of rotatable bonds is 3. The number of imide groups is 1. The van der Waals surface area contributed by atoms with Crippen molar-refractivity contribution in [1.82, 2.24) is 14.7 Å². The first-order valence-electron chi connectivity index (χ1n) is 9.95. The zero-order valence-corrected chi connectivity index (χ0v) is 15.4. The Hall–Kier alpha value is -2.28. The van der Waals surface area contributed by atoms with Crippen LogP contribution in [0.3, 0.4) is 0 Å². The van der Waals surface area contributed by atoms with E-state index in [1.54, 1.807) is 9.80 Å². The van der Waals surface area contributed by atoms with Gasteiger partial charge in [0.2, 0.25) is 6.79 Å². The van der Waals surface area contributed by atoms with Crippen molar-refractivity contribution in [2.75, 3.05) is 26.4 Å². The van der Waals surface area contributed by atoms with Crippen LogP contribution in [0.2, 0.25) is 0 Å². The highest BCUT2D eigenvalue weighted by molar-refractivity contribution is 6.04. The Morgan fingerprint density at radius 1 is 1.00 bits per heavy atom. The lowest BCUT2D eigenvalue weighted by Crippen LogP contribution is -2.52. The molecule has 1 aromatic rings. The monoisotopic (exact) mass is 371 g/mol. The molecule has 3 amide bonds. The van der Waals surface area contributed by atoms with Crippen LogP contribution in [0.4, 0.5) is 4.79 Å². The van der Waals surface area contributed by atoms with Crippen molar-refractivity contribution in [3.05, 3.63) is 23.8 Å². The molecule has 4 aliphatic rings. The Kier molecular flexibility index (Phi) is 4.19. The maximum atomic E-state index is 13.0. The molecule has 27 heavy (non-hydrogen) atoms. The third-order valence-electron chi connectivity index (χ3n) is 6.22. The van der Waals surface area contributed by atoms with E-state index in [0.29, 0.717) is 13.1 Å². The van der Waals surface area contributed by atoms with Gasteiger partial charge in [0.1, 0.15) is 6.04 Å². The quantitative estimate of drug-likeness (QED) is 0.763. The van der Waals surface area contributed by atoms with Crippen LogP contribution < -0.4 is 9.47 Å². The van der Waals surface area contributed by atoms with E-state index in [0.717, 1.165) is 55.8 Å². The van der Waals surface area contributed by atoms with Crippen molar-refractivity contribution < 1.29 is 19.1 Å². The van der Waals surface area contributed by atoms with E-state index in [1.165, 1.54) is 6.42 Å². The highest BCUT2D eigenvalue weighted by Crippen LogP contribution is 2.34. The first-order valence-corrected chi connectivity index (χ1v) is 9.95. The lowest BCUT2D eigenvalue weighted by atomic mass is 9.94. The van der Waals surface area contributed by atoms with Crippen LogP contribution in [0.1, 0.15) is 37.7 Å². The normalized spacial score (nSPS) is 26.0. The summed E-state index contributed by atoms with van der Waals surface area (Å²) in [5.41, 5.74) is 1.13. The second-order valence-corrected chi connectivity index (χ2v) is 7.91. The Morgan fingerprint density at radius 3 is 2.67 bits per heavy atom. The van der Waals surface area contributed by atoms with Crippen LogP contribution in [0.5, 0.6) is 11.5 Å². The van der Waals surface area contributed by atoms with Crippen molar-refractivity contribution in [3.63, 3.8) is 0 Å².